The lowest BCUT2D eigenvalue weighted by molar-refractivity contribution is -0.123. The maximum Gasteiger partial charge on any atom is 0.237 e. The first-order valence-electron chi connectivity index (χ1n) is 6.43. The summed E-state index contributed by atoms with van der Waals surface area (Å²) in [4.78, 5) is 11.9. The fourth-order valence-corrected chi connectivity index (χ4v) is 2.58. The average molecular weight is 222 g/mol. The predicted octanol–water partition coefficient (Wildman–Crippen LogP) is 1.46. The lowest BCUT2D eigenvalue weighted by Crippen LogP contribution is -2.44. The summed E-state index contributed by atoms with van der Waals surface area (Å²) >= 11 is 0. The van der Waals surface area contributed by atoms with Gasteiger partial charge in [0.1, 0.15) is 0 Å². The molecule has 2 rings (SSSR count). The number of nitrogens with one attached hydrogen (secondary N) is 2. The van der Waals surface area contributed by atoms with Crippen LogP contribution in [-0.2, 0) is 4.79 Å². The minimum atomic E-state index is 0.0409. The maximum absolute atomic E-state index is 11.9. The monoisotopic (exact) mass is 222 g/mol. The Kier molecular flexibility index (Phi) is 3.99. The molecule has 3 unspecified atom stereocenters. The van der Waals surface area contributed by atoms with Gasteiger partial charge in [0.15, 0.2) is 0 Å². The normalized spacial score (nSPS) is 33.9. The van der Waals surface area contributed by atoms with E-state index in [0.29, 0.717) is 11.8 Å². The second kappa shape index (κ2) is 5.48. The Hall–Kier alpha value is -0.830. The molecule has 3 nitrogen and oxygen atoms in total. The standard InChI is InChI=1S/C13H22N2O/c1-10-7-8-14-12(10)13(16)15-9-11-5-3-2-4-6-11/h2-3,10-12,14H,4-9H2,1H3,(H,15,16). The van der Waals surface area contributed by atoms with E-state index in [-0.39, 0.29) is 11.9 Å². The van der Waals surface area contributed by atoms with Crippen LogP contribution in [0.1, 0.15) is 32.6 Å². The smallest absolute Gasteiger partial charge is 0.237 e. The molecule has 0 aromatic carbocycles. The summed E-state index contributed by atoms with van der Waals surface area (Å²) in [6.07, 6.45) is 9.08. The second-order valence-corrected chi connectivity index (χ2v) is 5.09. The van der Waals surface area contributed by atoms with E-state index in [1.54, 1.807) is 0 Å². The van der Waals surface area contributed by atoms with Crippen molar-refractivity contribution in [2.75, 3.05) is 13.1 Å². The minimum Gasteiger partial charge on any atom is -0.354 e. The van der Waals surface area contributed by atoms with Gasteiger partial charge in [-0.2, -0.15) is 0 Å². The summed E-state index contributed by atoms with van der Waals surface area (Å²) in [7, 11) is 0. The Morgan fingerprint density at radius 3 is 2.94 bits per heavy atom. The maximum atomic E-state index is 11.9. The average Bonchev–Trinajstić information content (AvgIpc) is 2.74. The molecule has 1 aliphatic heterocycles. The fourth-order valence-electron chi connectivity index (χ4n) is 2.58. The SMILES string of the molecule is CC1CCNC1C(=O)NCC1CC=CCC1. The lowest BCUT2D eigenvalue weighted by Gasteiger charge is -2.21. The molecule has 1 amide bonds. The van der Waals surface area contributed by atoms with Crippen LogP contribution in [0.5, 0.6) is 0 Å². The van der Waals surface area contributed by atoms with Crippen molar-refractivity contribution in [3.63, 3.8) is 0 Å². The van der Waals surface area contributed by atoms with E-state index in [4.69, 9.17) is 0 Å². The summed E-state index contributed by atoms with van der Waals surface area (Å²) in [5.74, 6) is 1.32. The van der Waals surface area contributed by atoms with Crippen LogP contribution in [0.25, 0.3) is 0 Å². The van der Waals surface area contributed by atoms with E-state index >= 15 is 0 Å². The molecule has 0 bridgehead atoms. The first kappa shape index (κ1) is 11.6. The van der Waals surface area contributed by atoms with Crippen LogP contribution in [0.15, 0.2) is 12.2 Å². The van der Waals surface area contributed by atoms with Crippen LogP contribution in [0.4, 0.5) is 0 Å². The van der Waals surface area contributed by atoms with Gasteiger partial charge in [-0.15, -0.1) is 0 Å². The van der Waals surface area contributed by atoms with Gasteiger partial charge >= 0.3 is 0 Å². The minimum absolute atomic E-state index is 0.0409. The van der Waals surface area contributed by atoms with Crippen molar-refractivity contribution in [2.24, 2.45) is 11.8 Å². The first-order valence-corrected chi connectivity index (χ1v) is 6.43. The van der Waals surface area contributed by atoms with Crippen molar-refractivity contribution in [1.82, 2.24) is 10.6 Å². The molecule has 1 heterocycles. The van der Waals surface area contributed by atoms with Gasteiger partial charge in [0.25, 0.3) is 0 Å². The number of carbonyl (C=O) groups excluding carboxylic acids is 1. The predicted molar refractivity (Wildman–Crippen MR) is 65.1 cm³/mol. The van der Waals surface area contributed by atoms with E-state index in [9.17, 15) is 4.79 Å². The Morgan fingerprint density at radius 1 is 1.44 bits per heavy atom. The molecule has 3 atom stereocenters. The van der Waals surface area contributed by atoms with Crippen molar-refractivity contribution in [3.05, 3.63) is 12.2 Å². The topological polar surface area (TPSA) is 41.1 Å². The third-order valence-corrected chi connectivity index (χ3v) is 3.76. The molecule has 0 saturated carbocycles. The Balaban J connectivity index is 1.72. The summed E-state index contributed by atoms with van der Waals surface area (Å²) in [5.41, 5.74) is 0. The van der Waals surface area contributed by atoms with Gasteiger partial charge in [0.05, 0.1) is 6.04 Å². The van der Waals surface area contributed by atoms with Crippen molar-refractivity contribution in [3.8, 4) is 0 Å². The third kappa shape index (κ3) is 2.85. The third-order valence-electron chi connectivity index (χ3n) is 3.76. The molecule has 2 aliphatic rings. The summed E-state index contributed by atoms with van der Waals surface area (Å²) in [5, 5.41) is 6.36. The summed E-state index contributed by atoms with van der Waals surface area (Å²) < 4.78 is 0. The van der Waals surface area contributed by atoms with E-state index < -0.39 is 0 Å². The largest absolute Gasteiger partial charge is 0.354 e. The number of amides is 1. The van der Waals surface area contributed by atoms with Crippen molar-refractivity contribution in [2.45, 2.75) is 38.6 Å². The summed E-state index contributed by atoms with van der Waals surface area (Å²) in [6, 6.07) is 0.0409. The highest BCUT2D eigenvalue weighted by Gasteiger charge is 2.29. The molecule has 1 saturated heterocycles. The summed E-state index contributed by atoms with van der Waals surface area (Å²) in [6.45, 7) is 3.97. The second-order valence-electron chi connectivity index (χ2n) is 5.09. The van der Waals surface area contributed by atoms with Crippen molar-refractivity contribution in [1.29, 1.82) is 0 Å². The molecule has 0 spiro atoms. The van der Waals surface area contributed by atoms with Crippen LogP contribution in [0.3, 0.4) is 0 Å². The van der Waals surface area contributed by atoms with E-state index in [0.717, 1.165) is 25.9 Å². The van der Waals surface area contributed by atoms with Gasteiger partial charge in [-0.3, -0.25) is 4.79 Å². The molecule has 0 radical (unpaired) electrons. The molecule has 3 heteroatoms. The van der Waals surface area contributed by atoms with Gasteiger partial charge < -0.3 is 10.6 Å². The van der Waals surface area contributed by atoms with Gasteiger partial charge in [0, 0.05) is 6.54 Å². The highest BCUT2D eigenvalue weighted by molar-refractivity contribution is 5.82. The van der Waals surface area contributed by atoms with Gasteiger partial charge in [0.2, 0.25) is 5.91 Å². The molecular formula is C13H22N2O. The van der Waals surface area contributed by atoms with E-state index in [2.05, 4.69) is 29.7 Å². The van der Waals surface area contributed by atoms with E-state index in [1.165, 1.54) is 12.8 Å². The van der Waals surface area contributed by atoms with Crippen LogP contribution in [-0.4, -0.2) is 25.0 Å². The van der Waals surface area contributed by atoms with Crippen LogP contribution in [0.2, 0.25) is 0 Å². The number of allylic oxidation sites excluding steroid dienone is 2. The van der Waals surface area contributed by atoms with Gasteiger partial charge in [-0.05, 0) is 44.1 Å². The molecule has 90 valence electrons. The molecule has 2 N–H and O–H groups in total. The Bertz CT molecular complexity index is 275. The fraction of sp³-hybridized carbons (Fsp3) is 0.769. The van der Waals surface area contributed by atoms with E-state index in [1.807, 2.05) is 0 Å². The number of hydrogen-bond acceptors (Lipinski definition) is 2. The highest BCUT2D eigenvalue weighted by atomic mass is 16.2. The van der Waals surface area contributed by atoms with Crippen molar-refractivity contribution < 1.29 is 4.79 Å². The number of carbonyl (C=O) groups is 1. The zero-order chi connectivity index (χ0) is 11.4. The Morgan fingerprint density at radius 2 is 2.31 bits per heavy atom. The van der Waals surface area contributed by atoms with Crippen molar-refractivity contribution >= 4 is 5.91 Å². The zero-order valence-electron chi connectivity index (χ0n) is 10.0. The van der Waals surface area contributed by atoms with Gasteiger partial charge in [-0.1, -0.05) is 19.1 Å². The molecule has 16 heavy (non-hydrogen) atoms. The molecule has 1 aliphatic carbocycles. The quantitative estimate of drug-likeness (QED) is 0.710. The zero-order valence-corrected chi connectivity index (χ0v) is 10.0. The number of rotatable bonds is 3. The first-order chi connectivity index (χ1) is 7.77. The molecular weight excluding hydrogens is 200 g/mol. The van der Waals surface area contributed by atoms with Crippen LogP contribution < -0.4 is 10.6 Å². The Labute approximate surface area is 97.7 Å². The van der Waals surface area contributed by atoms with Crippen LogP contribution in [0, 0.1) is 11.8 Å². The lowest BCUT2D eigenvalue weighted by atomic mass is 9.94. The molecule has 1 fully saturated rings. The highest BCUT2D eigenvalue weighted by Crippen LogP contribution is 2.18. The number of hydrogen-bond donors (Lipinski definition) is 2. The molecule has 0 aromatic rings. The molecule has 0 aromatic heterocycles. The van der Waals surface area contributed by atoms with Crippen LogP contribution >= 0.6 is 0 Å². The van der Waals surface area contributed by atoms with Gasteiger partial charge in [-0.25, -0.2) is 0 Å².